The third-order valence-electron chi connectivity index (χ3n) is 2.21. The first kappa shape index (κ1) is 10.4. The van der Waals surface area contributed by atoms with E-state index in [0.717, 1.165) is 11.9 Å². The summed E-state index contributed by atoms with van der Waals surface area (Å²) in [5.74, 6) is 1.31. The van der Waals surface area contributed by atoms with E-state index in [1.54, 1.807) is 0 Å². The van der Waals surface area contributed by atoms with Gasteiger partial charge >= 0.3 is 0 Å². The Morgan fingerprint density at radius 2 is 2.25 bits per heavy atom. The third kappa shape index (κ3) is 3.36. The Morgan fingerprint density at radius 3 is 2.83 bits per heavy atom. The first-order valence-electron chi connectivity index (χ1n) is 4.89. The molecule has 1 saturated heterocycles. The number of rotatable bonds is 3. The Balaban J connectivity index is 2.26. The lowest BCUT2D eigenvalue weighted by Gasteiger charge is -2.35. The maximum absolute atomic E-state index is 5.66. The van der Waals surface area contributed by atoms with Crippen molar-refractivity contribution in [3.8, 4) is 0 Å². The Hall–Kier alpha value is 0.310. The lowest BCUT2D eigenvalue weighted by Crippen LogP contribution is -2.35. The maximum atomic E-state index is 5.66. The smallest absolute Gasteiger partial charge is 0.0637 e. The average molecular weight is 188 g/mol. The van der Waals surface area contributed by atoms with Crippen molar-refractivity contribution < 1.29 is 4.74 Å². The van der Waals surface area contributed by atoms with E-state index in [2.05, 4.69) is 32.5 Å². The Morgan fingerprint density at radius 1 is 1.50 bits per heavy atom. The van der Waals surface area contributed by atoms with E-state index in [1.807, 2.05) is 0 Å². The molecule has 12 heavy (non-hydrogen) atoms. The van der Waals surface area contributed by atoms with Crippen LogP contribution in [0.4, 0.5) is 0 Å². The Kier molecular flexibility index (Phi) is 3.91. The molecule has 0 saturated carbocycles. The Labute approximate surface area is 80.3 Å². The van der Waals surface area contributed by atoms with E-state index in [4.69, 9.17) is 4.74 Å². The van der Waals surface area contributed by atoms with Crippen molar-refractivity contribution in [1.82, 2.24) is 0 Å². The monoisotopic (exact) mass is 188 g/mol. The molecule has 1 heterocycles. The first-order chi connectivity index (χ1) is 5.64. The van der Waals surface area contributed by atoms with Crippen LogP contribution in [0.2, 0.25) is 0 Å². The lowest BCUT2D eigenvalue weighted by atomic mass is 9.98. The summed E-state index contributed by atoms with van der Waals surface area (Å²) in [7, 11) is 0. The molecular formula is C10H20OS. The number of hydrogen-bond acceptors (Lipinski definition) is 2. The summed E-state index contributed by atoms with van der Waals surface area (Å²) in [6, 6.07) is 0. The van der Waals surface area contributed by atoms with Gasteiger partial charge in [-0.25, -0.2) is 0 Å². The molecule has 0 aromatic rings. The average Bonchev–Trinajstić information content (AvgIpc) is 1.99. The van der Waals surface area contributed by atoms with Crippen LogP contribution in [0.1, 0.15) is 40.0 Å². The molecule has 1 rings (SSSR count). The second-order valence-electron chi connectivity index (χ2n) is 4.09. The highest BCUT2D eigenvalue weighted by Crippen LogP contribution is 2.31. The zero-order valence-corrected chi connectivity index (χ0v) is 9.25. The minimum absolute atomic E-state index is 0.129. The van der Waals surface area contributed by atoms with Crippen molar-refractivity contribution in [3.63, 3.8) is 0 Å². The summed E-state index contributed by atoms with van der Waals surface area (Å²) < 4.78 is 5.66. The predicted molar refractivity (Wildman–Crippen MR) is 55.8 cm³/mol. The summed E-state index contributed by atoms with van der Waals surface area (Å²) in [4.78, 5) is 0. The van der Waals surface area contributed by atoms with Gasteiger partial charge in [0.2, 0.25) is 0 Å². The zero-order valence-electron chi connectivity index (χ0n) is 8.43. The van der Waals surface area contributed by atoms with E-state index in [9.17, 15) is 0 Å². The fourth-order valence-corrected chi connectivity index (χ4v) is 2.95. The molecule has 0 bridgehead atoms. The SMILES string of the molecule is CCCSC1CCOC(C)(C)C1. The van der Waals surface area contributed by atoms with Crippen molar-refractivity contribution in [2.45, 2.75) is 50.9 Å². The van der Waals surface area contributed by atoms with Crippen LogP contribution in [0.25, 0.3) is 0 Å². The van der Waals surface area contributed by atoms with Crippen LogP contribution in [0.3, 0.4) is 0 Å². The van der Waals surface area contributed by atoms with Gasteiger partial charge in [-0.05, 0) is 38.9 Å². The fourth-order valence-electron chi connectivity index (χ4n) is 1.60. The molecule has 1 unspecified atom stereocenters. The van der Waals surface area contributed by atoms with Gasteiger partial charge in [0.1, 0.15) is 0 Å². The van der Waals surface area contributed by atoms with Gasteiger partial charge in [0.05, 0.1) is 5.60 Å². The number of ether oxygens (including phenoxy) is 1. The molecule has 1 aliphatic heterocycles. The van der Waals surface area contributed by atoms with Gasteiger partial charge < -0.3 is 4.74 Å². The second kappa shape index (κ2) is 4.52. The van der Waals surface area contributed by atoms with Crippen LogP contribution in [0, 0.1) is 0 Å². The molecule has 0 aromatic heterocycles. The van der Waals surface area contributed by atoms with Crippen molar-refractivity contribution >= 4 is 11.8 Å². The summed E-state index contributed by atoms with van der Waals surface area (Å²) in [6.07, 6.45) is 3.76. The molecule has 2 heteroatoms. The highest BCUT2D eigenvalue weighted by atomic mass is 32.2. The summed E-state index contributed by atoms with van der Waals surface area (Å²) in [6.45, 7) is 7.60. The Bertz CT molecular complexity index is 134. The van der Waals surface area contributed by atoms with Crippen molar-refractivity contribution in [2.24, 2.45) is 0 Å². The molecule has 1 atom stereocenters. The van der Waals surface area contributed by atoms with Gasteiger partial charge in [0.15, 0.2) is 0 Å². The van der Waals surface area contributed by atoms with Crippen LogP contribution >= 0.6 is 11.8 Å². The quantitative estimate of drug-likeness (QED) is 0.673. The van der Waals surface area contributed by atoms with Crippen LogP contribution in [-0.2, 0) is 4.74 Å². The van der Waals surface area contributed by atoms with Crippen molar-refractivity contribution in [1.29, 1.82) is 0 Å². The molecule has 0 radical (unpaired) electrons. The van der Waals surface area contributed by atoms with Gasteiger partial charge in [0.25, 0.3) is 0 Å². The van der Waals surface area contributed by atoms with Gasteiger partial charge in [-0.15, -0.1) is 0 Å². The number of hydrogen-bond donors (Lipinski definition) is 0. The summed E-state index contributed by atoms with van der Waals surface area (Å²) >= 11 is 2.12. The zero-order chi connectivity index (χ0) is 9.03. The second-order valence-corrected chi connectivity index (χ2v) is 5.50. The molecule has 0 amide bonds. The highest BCUT2D eigenvalue weighted by molar-refractivity contribution is 7.99. The van der Waals surface area contributed by atoms with Gasteiger partial charge in [-0.3, -0.25) is 0 Å². The summed E-state index contributed by atoms with van der Waals surface area (Å²) in [5.41, 5.74) is 0.129. The minimum Gasteiger partial charge on any atom is -0.375 e. The fraction of sp³-hybridized carbons (Fsp3) is 1.00. The van der Waals surface area contributed by atoms with Gasteiger partial charge in [-0.2, -0.15) is 11.8 Å². The molecule has 0 aromatic carbocycles. The topological polar surface area (TPSA) is 9.23 Å². The van der Waals surface area contributed by atoms with Crippen molar-refractivity contribution in [2.75, 3.05) is 12.4 Å². The van der Waals surface area contributed by atoms with E-state index in [-0.39, 0.29) is 5.60 Å². The standard InChI is InChI=1S/C10H20OS/c1-4-7-12-9-5-6-11-10(2,3)8-9/h9H,4-8H2,1-3H3. The molecule has 0 spiro atoms. The largest absolute Gasteiger partial charge is 0.375 e. The van der Waals surface area contributed by atoms with E-state index >= 15 is 0 Å². The third-order valence-corrected chi connectivity index (χ3v) is 3.73. The summed E-state index contributed by atoms with van der Waals surface area (Å²) in [5, 5.41) is 0.841. The van der Waals surface area contributed by atoms with E-state index in [1.165, 1.54) is 25.0 Å². The normalized spacial score (nSPS) is 28.8. The van der Waals surface area contributed by atoms with Crippen LogP contribution < -0.4 is 0 Å². The molecule has 0 N–H and O–H groups in total. The van der Waals surface area contributed by atoms with Crippen LogP contribution in [0.5, 0.6) is 0 Å². The molecule has 1 fully saturated rings. The van der Waals surface area contributed by atoms with E-state index in [0.29, 0.717) is 0 Å². The molecule has 1 nitrogen and oxygen atoms in total. The highest BCUT2D eigenvalue weighted by Gasteiger charge is 2.28. The minimum atomic E-state index is 0.129. The molecule has 72 valence electrons. The molecule has 0 aliphatic carbocycles. The number of thioether (sulfide) groups is 1. The lowest BCUT2D eigenvalue weighted by molar-refractivity contribution is -0.0485. The van der Waals surface area contributed by atoms with Gasteiger partial charge in [-0.1, -0.05) is 6.92 Å². The van der Waals surface area contributed by atoms with Crippen molar-refractivity contribution in [3.05, 3.63) is 0 Å². The first-order valence-corrected chi connectivity index (χ1v) is 5.94. The maximum Gasteiger partial charge on any atom is 0.0637 e. The molecule has 1 aliphatic rings. The predicted octanol–water partition coefficient (Wildman–Crippen LogP) is 3.09. The molecular weight excluding hydrogens is 168 g/mol. The van der Waals surface area contributed by atoms with E-state index < -0.39 is 0 Å². The van der Waals surface area contributed by atoms with Crippen LogP contribution in [0.15, 0.2) is 0 Å². The van der Waals surface area contributed by atoms with Crippen LogP contribution in [-0.4, -0.2) is 23.2 Å². The van der Waals surface area contributed by atoms with Gasteiger partial charge in [0, 0.05) is 11.9 Å².